The minimum atomic E-state index is -0.124. The Balaban J connectivity index is 2.84. The van der Waals surface area contributed by atoms with Crippen molar-refractivity contribution in [2.45, 2.75) is 19.9 Å². The van der Waals surface area contributed by atoms with Gasteiger partial charge >= 0.3 is 0 Å². The summed E-state index contributed by atoms with van der Waals surface area (Å²) in [7, 11) is 0. The zero-order chi connectivity index (χ0) is 8.27. The molecule has 0 bridgehead atoms. The van der Waals surface area contributed by atoms with Gasteiger partial charge in [-0.2, -0.15) is 0 Å². The third-order valence-corrected chi connectivity index (χ3v) is 1.35. The molecule has 1 aromatic heterocycles. The van der Waals surface area contributed by atoms with E-state index < -0.39 is 0 Å². The molecule has 1 heterocycles. The molecular formula is C7H8N2OS. The van der Waals surface area contributed by atoms with Crippen LogP contribution in [0.5, 0.6) is 0 Å². The van der Waals surface area contributed by atoms with Gasteiger partial charge in [-0.05, 0) is 26.1 Å². The average Bonchev–Trinajstić information content (AvgIpc) is 2.36. The zero-order valence-electron chi connectivity index (χ0n) is 6.37. The molecule has 1 aromatic rings. The summed E-state index contributed by atoms with van der Waals surface area (Å²) in [4.78, 5) is 7.80. The summed E-state index contributed by atoms with van der Waals surface area (Å²) in [5.41, 5.74) is 0. The van der Waals surface area contributed by atoms with Crippen molar-refractivity contribution >= 4 is 17.4 Å². The lowest BCUT2D eigenvalue weighted by molar-refractivity contribution is 0.445. The highest BCUT2D eigenvalue weighted by molar-refractivity contribution is 7.78. The third-order valence-electron chi connectivity index (χ3n) is 1.24. The Bertz CT molecular complexity index is 288. The van der Waals surface area contributed by atoms with Crippen LogP contribution in [-0.2, 0) is 0 Å². The van der Waals surface area contributed by atoms with Crippen molar-refractivity contribution in [2.75, 3.05) is 0 Å². The van der Waals surface area contributed by atoms with E-state index in [-0.39, 0.29) is 6.04 Å². The summed E-state index contributed by atoms with van der Waals surface area (Å²) in [6.45, 7) is 3.69. The first-order valence-electron chi connectivity index (χ1n) is 3.23. The number of thiocarbonyl (C=S) groups is 1. The first-order chi connectivity index (χ1) is 5.24. The molecule has 58 valence electrons. The van der Waals surface area contributed by atoms with Crippen LogP contribution in [0.4, 0.5) is 0 Å². The molecular weight excluding hydrogens is 160 g/mol. The Kier molecular flexibility index (Phi) is 2.52. The van der Waals surface area contributed by atoms with E-state index in [4.69, 9.17) is 4.42 Å². The fraction of sp³-hybridized carbons (Fsp3) is 0.429. The maximum Gasteiger partial charge on any atom is 0.219 e. The monoisotopic (exact) mass is 168 g/mol. The van der Waals surface area contributed by atoms with E-state index in [0.717, 1.165) is 5.76 Å². The fourth-order valence-corrected chi connectivity index (χ4v) is 0.858. The number of oxazole rings is 1. The summed E-state index contributed by atoms with van der Waals surface area (Å²) in [6, 6.07) is -0.124. The van der Waals surface area contributed by atoms with Gasteiger partial charge in [-0.25, -0.2) is 9.98 Å². The average molecular weight is 168 g/mol. The van der Waals surface area contributed by atoms with E-state index in [1.165, 1.54) is 0 Å². The quantitative estimate of drug-likeness (QED) is 0.501. The van der Waals surface area contributed by atoms with Crippen LogP contribution in [0.3, 0.4) is 0 Å². The van der Waals surface area contributed by atoms with Crippen molar-refractivity contribution in [1.82, 2.24) is 4.98 Å². The Hall–Kier alpha value is -0.990. The Morgan fingerprint density at radius 1 is 1.82 bits per heavy atom. The summed E-state index contributed by atoms with van der Waals surface area (Å²) in [5.74, 6) is 1.37. The molecule has 0 aliphatic heterocycles. The zero-order valence-corrected chi connectivity index (χ0v) is 7.18. The maximum absolute atomic E-state index is 5.21. The van der Waals surface area contributed by atoms with Gasteiger partial charge in [0.15, 0.2) is 0 Å². The number of nitrogens with zero attached hydrogens (tertiary/aromatic N) is 2. The minimum absolute atomic E-state index is 0.124. The van der Waals surface area contributed by atoms with Crippen molar-refractivity contribution in [3.8, 4) is 0 Å². The van der Waals surface area contributed by atoms with Crippen LogP contribution in [0.25, 0.3) is 0 Å². The standard InChI is InChI=1S/C7H8N2OS/c1-5-3-8-7(10-5)6(2)9-4-11/h3,6H,1-2H3/t6-/m1/s1. The van der Waals surface area contributed by atoms with Gasteiger partial charge in [-0.15, -0.1) is 0 Å². The predicted octanol–water partition coefficient (Wildman–Crippen LogP) is 2.15. The number of isothiocyanates is 1. The molecule has 0 aliphatic rings. The van der Waals surface area contributed by atoms with Gasteiger partial charge in [0.05, 0.1) is 11.4 Å². The number of aliphatic imine (C=N–C) groups is 1. The van der Waals surface area contributed by atoms with Crippen LogP contribution >= 0.6 is 12.2 Å². The maximum atomic E-state index is 5.21. The largest absolute Gasteiger partial charge is 0.444 e. The highest BCUT2D eigenvalue weighted by Crippen LogP contribution is 2.14. The SMILES string of the molecule is Cc1cnc([C@@H](C)N=C=S)o1. The molecule has 0 unspecified atom stereocenters. The second kappa shape index (κ2) is 3.42. The molecule has 0 spiro atoms. The van der Waals surface area contributed by atoms with Crippen LogP contribution in [-0.4, -0.2) is 10.1 Å². The molecule has 0 N–H and O–H groups in total. The van der Waals surface area contributed by atoms with Gasteiger partial charge in [-0.3, -0.25) is 0 Å². The third kappa shape index (κ3) is 1.97. The van der Waals surface area contributed by atoms with Crippen LogP contribution in [0.2, 0.25) is 0 Å². The molecule has 0 saturated heterocycles. The van der Waals surface area contributed by atoms with Crippen LogP contribution in [0.1, 0.15) is 24.6 Å². The second-order valence-corrected chi connectivity index (χ2v) is 2.39. The molecule has 0 aliphatic carbocycles. The number of hydrogen-bond acceptors (Lipinski definition) is 4. The number of rotatable bonds is 2. The van der Waals surface area contributed by atoms with Crippen LogP contribution in [0, 0.1) is 6.92 Å². The van der Waals surface area contributed by atoms with Crippen molar-refractivity contribution in [3.05, 3.63) is 17.8 Å². The van der Waals surface area contributed by atoms with Gasteiger partial charge < -0.3 is 4.42 Å². The molecule has 0 aromatic carbocycles. The van der Waals surface area contributed by atoms with E-state index in [2.05, 4.69) is 27.4 Å². The smallest absolute Gasteiger partial charge is 0.219 e. The van der Waals surface area contributed by atoms with Gasteiger partial charge in [-0.1, -0.05) is 0 Å². The fourth-order valence-electron chi connectivity index (χ4n) is 0.700. The predicted molar refractivity (Wildman–Crippen MR) is 44.7 cm³/mol. The first-order valence-corrected chi connectivity index (χ1v) is 3.64. The molecule has 4 heteroatoms. The molecule has 1 rings (SSSR count). The number of hydrogen-bond donors (Lipinski definition) is 0. The minimum Gasteiger partial charge on any atom is -0.444 e. The van der Waals surface area contributed by atoms with Crippen molar-refractivity contribution in [2.24, 2.45) is 4.99 Å². The van der Waals surface area contributed by atoms with Gasteiger partial charge in [0, 0.05) is 0 Å². The summed E-state index contributed by atoms with van der Waals surface area (Å²) in [5, 5.41) is 2.28. The van der Waals surface area contributed by atoms with Crippen LogP contribution < -0.4 is 0 Å². The summed E-state index contributed by atoms with van der Waals surface area (Å²) in [6.07, 6.45) is 1.66. The highest BCUT2D eigenvalue weighted by Gasteiger charge is 2.07. The Labute approximate surface area is 70.2 Å². The topological polar surface area (TPSA) is 38.4 Å². The lowest BCUT2D eigenvalue weighted by Gasteiger charge is -1.95. The van der Waals surface area contributed by atoms with E-state index in [9.17, 15) is 0 Å². The van der Waals surface area contributed by atoms with Gasteiger partial charge in [0.2, 0.25) is 5.89 Å². The van der Waals surface area contributed by atoms with Gasteiger partial charge in [0.25, 0.3) is 0 Å². The molecule has 0 amide bonds. The number of aryl methyl sites for hydroxylation is 1. The molecule has 0 saturated carbocycles. The molecule has 0 radical (unpaired) electrons. The van der Waals surface area contributed by atoms with E-state index in [0.29, 0.717) is 5.89 Å². The lowest BCUT2D eigenvalue weighted by atomic mass is 10.4. The molecule has 1 atom stereocenters. The van der Waals surface area contributed by atoms with Crippen LogP contribution in [0.15, 0.2) is 15.6 Å². The van der Waals surface area contributed by atoms with Crippen molar-refractivity contribution < 1.29 is 4.42 Å². The van der Waals surface area contributed by atoms with Gasteiger partial charge in [0.1, 0.15) is 11.8 Å². The molecule has 3 nitrogen and oxygen atoms in total. The molecule has 0 fully saturated rings. The number of aromatic nitrogens is 1. The molecule has 11 heavy (non-hydrogen) atoms. The van der Waals surface area contributed by atoms with E-state index >= 15 is 0 Å². The Morgan fingerprint density at radius 3 is 3.00 bits per heavy atom. The van der Waals surface area contributed by atoms with Crippen molar-refractivity contribution in [3.63, 3.8) is 0 Å². The summed E-state index contributed by atoms with van der Waals surface area (Å²) >= 11 is 4.45. The lowest BCUT2D eigenvalue weighted by Crippen LogP contribution is -1.87. The second-order valence-electron chi connectivity index (χ2n) is 2.21. The normalized spacial score (nSPS) is 12.2. The Morgan fingerprint density at radius 2 is 2.55 bits per heavy atom. The van der Waals surface area contributed by atoms with E-state index in [1.54, 1.807) is 6.20 Å². The van der Waals surface area contributed by atoms with Crippen molar-refractivity contribution in [1.29, 1.82) is 0 Å². The first kappa shape index (κ1) is 8.11. The highest BCUT2D eigenvalue weighted by atomic mass is 32.1. The summed E-state index contributed by atoms with van der Waals surface area (Å²) < 4.78 is 5.21. The van der Waals surface area contributed by atoms with E-state index in [1.807, 2.05) is 13.8 Å².